The summed E-state index contributed by atoms with van der Waals surface area (Å²) in [5.74, 6) is 0.832. The monoisotopic (exact) mass is 331 g/mol. The van der Waals surface area contributed by atoms with E-state index in [-0.39, 0.29) is 5.41 Å². The molecule has 23 heavy (non-hydrogen) atoms. The van der Waals surface area contributed by atoms with Gasteiger partial charge in [0.25, 0.3) is 0 Å². The largest absolute Gasteiger partial charge is 0.356 e. The van der Waals surface area contributed by atoms with E-state index in [9.17, 15) is 0 Å². The zero-order chi connectivity index (χ0) is 16.1. The van der Waals surface area contributed by atoms with E-state index in [0.29, 0.717) is 0 Å². The molecule has 1 heterocycles. The zero-order valence-corrected chi connectivity index (χ0v) is 14.1. The Labute approximate surface area is 141 Å². The van der Waals surface area contributed by atoms with Crippen LogP contribution in [0.5, 0.6) is 0 Å². The fourth-order valence-electron chi connectivity index (χ4n) is 2.73. The van der Waals surface area contributed by atoms with Gasteiger partial charge in [0.1, 0.15) is 0 Å². The molecule has 0 spiro atoms. The molecule has 5 nitrogen and oxygen atoms in total. The molecule has 0 aliphatic heterocycles. The predicted octanol–water partition coefficient (Wildman–Crippen LogP) is 2.43. The Morgan fingerprint density at radius 3 is 2.91 bits per heavy atom. The topological polar surface area (TPSA) is 54.2 Å². The van der Waals surface area contributed by atoms with E-state index in [2.05, 4.69) is 32.7 Å². The summed E-state index contributed by atoms with van der Waals surface area (Å²) in [4.78, 5) is 8.33. The number of aromatic nitrogens is 2. The minimum Gasteiger partial charge on any atom is -0.356 e. The summed E-state index contributed by atoms with van der Waals surface area (Å²) >= 11 is 6.12. The Balaban J connectivity index is 1.50. The summed E-state index contributed by atoms with van der Waals surface area (Å²) in [5, 5.41) is 7.58. The number of nitrogens with one attached hydrogen (secondary N) is 2. The van der Waals surface area contributed by atoms with E-state index in [1.165, 1.54) is 18.4 Å². The SMILES string of the molecule is CN=C(NCCn1ccnc1)NCC1(c2cccc(Cl)c2)CC1. The lowest BCUT2D eigenvalue weighted by molar-refractivity contribution is 0.628. The molecule has 0 unspecified atom stereocenters. The molecular formula is C17H22ClN5. The Kier molecular flexibility index (Phi) is 4.86. The van der Waals surface area contributed by atoms with Gasteiger partial charge in [0.05, 0.1) is 6.33 Å². The molecule has 1 saturated carbocycles. The second kappa shape index (κ2) is 7.04. The highest BCUT2D eigenvalue weighted by atomic mass is 35.5. The number of benzene rings is 1. The third-order valence-electron chi connectivity index (χ3n) is 4.33. The zero-order valence-electron chi connectivity index (χ0n) is 13.3. The quantitative estimate of drug-likeness (QED) is 0.631. The van der Waals surface area contributed by atoms with Crippen LogP contribution >= 0.6 is 11.6 Å². The Morgan fingerprint density at radius 2 is 2.26 bits per heavy atom. The summed E-state index contributed by atoms with van der Waals surface area (Å²) in [6.45, 7) is 2.54. The van der Waals surface area contributed by atoms with Crippen molar-refractivity contribution in [3.8, 4) is 0 Å². The molecule has 0 bridgehead atoms. The third-order valence-corrected chi connectivity index (χ3v) is 4.57. The molecule has 0 radical (unpaired) electrons. The Morgan fingerprint density at radius 1 is 1.39 bits per heavy atom. The van der Waals surface area contributed by atoms with Crippen molar-refractivity contribution in [3.63, 3.8) is 0 Å². The molecule has 1 aliphatic carbocycles. The van der Waals surface area contributed by atoms with Crippen LogP contribution in [0.4, 0.5) is 0 Å². The van der Waals surface area contributed by atoms with Gasteiger partial charge in [-0.25, -0.2) is 4.98 Å². The van der Waals surface area contributed by atoms with Crippen LogP contribution in [0.25, 0.3) is 0 Å². The maximum atomic E-state index is 6.12. The molecule has 6 heteroatoms. The van der Waals surface area contributed by atoms with Gasteiger partial charge in [0.15, 0.2) is 5.96 Å². The molecule has 1 aromatic heterocycles. The van der Waals surface area contributed by atoms with E-state index in [4.69, 9.17) is 11.6 Å². The minimum atomic E-state index is 0.201. The second-order valence-electron chi connectivity index (χ2n) is 5.94. The van der Waals surface area contributed by atoms with E-state index >= 15 is 0 Å². The number of imidazole rings is 1. The first-order valence-electron chi connectivity index (χ1n) is 7.88. The molecule has 1 aromatic carbocycles. The number of halogens is 1. The van der Waals surface area contributed by atoms with E-state index in [0.717, 1.165) is 30.6 Å². The van der Waals surface area contributed by atoms with Crippen molar-refractivity contribution >= 4 is 17.6 Å². The summed E-state index contributed by atoms with van der Waals surface area (Å²) in [5.41, 5.74) is 1.51. The first-order chi connectivity index (χ1) is 11.2. The fraction of sp³-hybridized carbons (Fsp3) is 0.412. The van der Waals surface area contributed by atoms with E-state index < -0.39 is 0 Å². The van der Waals surface area contributed by atoms with Crippen LogP contribution in [-0.4, -0.2) is 35.6 Å². The van der Waals surface area contributed by atoms with Gasteiger partial charge in [-0.05, 0) is 30.5 Å². The number of aliphatic imine (C=N–C) groups is 1. The molecule has 0 atom stereocenters. The smallest absolute Gasteiger partial charge is 0.191 e. The highest BCUT2D eigenvalue weighted by Gasteiger charge is 2.44. The first-order valence-corrected chi connectivity index (χ1v) is 8.26. The molecule has 2 aromatic rings. The summed E-state index contributed by atoms with van der Waals surface area (Å²) in [7, 11) is 1.80. The average Bonchev–Trinajstić information content (AvgIpc) is 3.18. The lowest BCUT2D eigenvalue weighted by Crippen LogP contribution is -2.42. The van der Waals surface area contributed by atoms with Gasteiger partial charge in [-0.1, -0.05) is 23.7 Å². The van der Waals surface area contributed by atoms with Crippen molar-refractivity contribution in [1.29, 1.82) is 0 Å². The molecule has 0 amide bonds. The second-order valence-corrected chi connectivity index (χ2v) is 6.38. The lowest BCUT2D eigenvalue weighted by Gasteiger charge is -2.19. The average molecular weight is 332 g/mol. The van der Waals surface area contributed by atoms with Gasteiger partial charge in [0, 0.05) is 49.5 Å². The standard InChI is InChI=1S/C17H22ClN5/c1-19-16(21-8-10-23-9-7-20-13-23)22-12-17(5-6-17)14-3-2-4-15(18)11-14/h2-4,7,9,11,13H,5-6,8,10,12H2,1H3,(H2,19,21,22). The van der Waals surface area contributed by atoms with Crippen LogP contribution in [-0.2, 0) is 12.0 Å². The van der Waals surface area contributed by atoms with Crippen molar-refractivity contribution < 1.29 is 0 Å². The summed E-state index contributed by atoms with van der Waals surface area (Å²) < 4.78 is 2.04. The highest BCUT2D eigenvalue weighted by Crippen LogP contribution is 2.48. The van der Waals surface area contributed by atoms with E-state index in [1.807, 2.05) is 29.2 Å². The van der Waals surface area contributed by atoms with Gasteiger partial charge >= 0.3 is 0 Å². The predicted molar refractivity (Wildman–Crippen MR) is 94.0 cm³/mol. The van der Waals surface area contributed by atoms with Crippen LogP contribution in [0.3, 0.4) is 0 Å². The van der Waals surface area contributed by atoms with E-state index in [1.54, 1.807) is 13.2 Å². The summed E-state index contributed by atoms with van der Waals surface area (Å²) in [6, 6.07) is 8.18. The maximum Gasteiger partial charge on any atom is 0.191 e. The molecule has 2 N–H and O–H groups in total. The van der Waals surface area contributed by atoms with Crippen molar-refractivity contribution in [2.24, 2.45) is 4.99 Å². The minimum absolute atomic E-state index is 0.201. The molecular weight excluding hydrogens is 310 g/mol. The van der Waals surface area contributed by atoms with Crippen LogP contribution in [0.15, 0.2) is 48.0 Å². The number of guanidine groups is 1. The first kappa shape index (κ1) is 15.9. The Hall–Kier alpha value is -2.01. The highest BCUT2D eigenvalue weighted by molar-refractivity contribution is 6.30. The molecule has 122 valence electrons. The third kappa shape index (κ3) is 4.05. The van der Waals surface area contributed by atoms with Crippen LogP contribution in [0, 0.1) is 0 Å². The Bertz CT molecular complexity index is 661. The van der Waals surface area contributed by atoms with Crippen molar-refractivity contribution in [2.75, 3.05) is 20.1 Å². The lowest BCUT2D eigenvalue weighted by atomic mass is 9.96. The number of nitrogens with zero attached hydrogens (tertiary/aromatic N) is 3. The molecule has 0 saturated heterocycles. The molecule has 3 rings (SSSR count). The normalized spacial score (nSPS) is 16.2. The molecule has 1 aliphatic rings. The van der Waals surface area contributed by atoms with Crippen molar-refractivity contribution in [1.82, 2.24) is 20.2 Å². The van der Waals surface area contributed by atoms with Crippen molar-refractivity contribution in [2.45, 2.75) is 24.8 Å². The summed E-state index contributed by atoms with van der Waals surface area (Å²) in [6.07, 6.45) is 7.93. The van der Waals surface area contributed by atoms with Gasteiger partial charge in [-0.3, -0.25) is 4.99 Å². The van der Waals surface area contributed by atoms with Crippen LogP contribution in [0.1, 0.15) is 18.4 Å². The number of rotatable bonds is 6. The maximum absolute atomic E-state index is 6.12. The number of hydrogen-bond acceptors (Lipinski definition) is 2. The van der Waals surface area contributed by atoms with Crippen LogP contribution in [0.2, 0.25) is 5.02 Å². The molecule has 1 fully saturated rings. The van der Waals surface area contributed by atoms with Crippen LogP contribution < -0.4 is 10.6 Å². The van der Waals surface area contributed by atoms with Gasteiger partial charge in [-0.15, -0.1) is 0 Å². The van der Waals surface area contributed by atoms with Gasteiger partial charge in [0.2, 0.25) is 0 Å². The van der Waals surface area contributed by atoms with Gasteiger partial charge < -0.3 is 15.2 Å². The fourth-order valence-corrected chi connectivity index (χ4v) is 2.92. The van der Waals surface area contributed by atoms with Gasteiger partial charge in [-0.2, -0.15) is 0 Å². The van der Waals surface area contributed by atoms with Crippen molar-refractivity contribution in [3.05, 3.63) is 53.6 Å². The number of hydrogen-bond donors (Lipinski definition) is 2.